The van der Waals surface area contributed by atoms with E-state index in [1.807, 2.05) is 0 Å². The van der Waals surface area contributed by atoms with E-state index in [0.717, 1.165) is 122 Å². The molecule has 0 amide bonds. The van der Waals surface area contributed by atoms with Crippen LogP contribution in [-0.2, 0) is 28.6 Å². The van der Waals surface area contributed by atoms with Crippen LogP contribution in [0.4, 0.5) is 0 Å². The van der Waals surface area contributed by atoms with E-state index in [-0.39, 0.29) is 44.0 Å². The molecular weight excluding hydrogens is 805 g/mol. The lowest BCUT2D eigenvalue weighted by atomic mass is 10.1. The fourth-order valence-electron chi connectivity index (χ4n) is 6.31. The van der Waals surface area contributed by atoms with Gasteiger partial charge in [0.15, 0.2) is 6.10 Å². The van der Waals surface area contributed by atoms with Gasteiger partial charge in [0, 0.05) is 19.3 Å². The van der Waals surface area contributed by atoms with Crippen molar-refractivity contribution in [2.24, 2.45) is 0 Å². The normalized spacial score (nSPS) is 13.2. The Bertz CT molecular complexity index is 1450. The average molecular weight is 897 g/mol. The van der Waals surface area contributed by atoms with Gasteiger partial charge in [-0.25, -0.2) is 0 Å². The highest BCUT2D eigenvalue weighted by Gasteiger charge is 2.19. The topological polar surface area (TPSA) is 78.9 Å². The summed E-state index contributed by atoms with van der Waals surface area (Å²) in [6, 6.07) is 0. The lowest BCUT2D eigenvalue weighted by molar-refractivity contribution is -0.167. The predicted octanol–water partition coefficient (Wildman–Crippen LogP) is 17.1. The standard InChI is InChI=1S/C59H92O6/c1-4-7-10-13-16-19-22-25-28-29-32-35-38-41-44-47-50-53-59(62)65-56(54-63-57(60)51-48-45-42-39-36-33-30-26-23-20-17-14-11-8-5-2)55-64-58(61)52-49-46-43-40-37-34-31-27-24-21-18-15-12-9-6-3/h7-8,10-11,16-21,25-28,30-32,35-37,39-40,56H,4-6,9,12-15,22-24,29,33-34,38,41-55H2,1-3H3/b10-7-,11-8-,19-16-,20-17-,21-18-,28-25-,30-26-,31-27-,35-32-,39-36-,40-37-/t56-/m1/s1. The van der Waals surface area contributed by atoms with Crippen molar-refractivity contribution >= 4 is 17.9 Å². The number of carbonyl (C=O) groups is 3. The lowest BCUT2D eigenvalue weighted by Crippen LogP contribution is -2.30. The molecule has 6 nitrogen and oxygen atoms in total. The molecule has 0 aliphatic heterocycles. The molecule has 0 bridgehead atoms. The Labute approximate surface area is 398 Å². The zero-order valence-corrected chi connectivity index (χ0v) is 41.4. The van der Waals surface area contributed by atoms with E-state index in [0.29, 0.717) is 19.3 Å². The summed E-state index contributed by atoms with van der Waals surface area (Å²) in [6.45, 7) is 6.26. The minimum absolute atomic E-state index is 0.126. The van der Waals surface area contributed by atoms with Crippen molar-refractivity contribution in [3.63, 3.8) is 0 Å². The van der Waals surface area contributed by atoms with Crippen molar-refractivity contribution < 1.29 is 28.6 Å². The van der Waals surface area contributed by atoms with Crippen LogP contribution in [0, 0.1) is 0 Å². The fourth-order valence-corrected chi connectivity index (χ4v) is 6.31. The third-order valence-electron chi connectivity index (χ3n) is 10.1. The van der Waals surface area contributed by atoms with E-state index in [1.54, 1.807) is 0 Å². The molecule has 6 heteroatoms. The molecule has 1 atom stereocenters. The Kier molecular flexibility index (Phi) is 48.6. The first-order valence-electron chi connectivity index (χ1n) is 25.7. The van der Waals surface area contributed by atoms with Gasteiger partial charge >= 0.3 is 17.9 Å². The largest absolute Gasteiger partial charge is 0.462 e. The van der Waals surface area contributed by atoms with Gasteiger partial charge in [-0.1, -0.05) is 180 Å². The quantitative estimate of drug-likeness (QED) is 0.0262. The maximum absolute atomic E-state index is 12.8. The van der Waals surface area contributed by atoms with E-state index in [4.69, 9.17) is 14.2 Å². The molecule has 0 aromatic rings. The van der Waals surface area contributed by atoms with Crippen molar-refractivity contribution in [2.45, 2.75) is 207 Å². The molecule has 0 unspecified atom stereocenters. The summed E-state index contributed by atoms with van der Waals surface area (Å²) in [4.78, 5) is 38.0. The van der Waals surface area contributed by atoms with Gasteiger partial charge < -0.3 is 14.2 Å². The second kappa shape index (κ2) is 52.2. The molecule has 0 N–H and O–H groups in total. The third kappa shape index (κ3) is 50.4. The average Bonchev–Trinajstić information content (AvgIpc) is 3.30. The Morgan fingerprint density at radius 3 is 0.954 bits per heavy atom. The van der Waals surface area contributed by atoms with Gasteiger partial charge in [-0.05, 0) is 135 Å². The molecule has 0 aromatic heterocycles. The zero-order valence-electron chi connectivity index (χ0n) is 41.4. The maximum Gasteiger partial charge on any atom is 0.306 e. The molecule has 0 saturated carbocycles. The van der Waals surface area contributed by atoms with Gasteiger partial charge in [-0.15, -0.1) is 0 Å². The highest BCUT2D eigenvalue weighted by molar-refractivity contribution is 5.71. The Morgan fingerprint density at radius 2 is 0.600 bits per heavy atom. The number of esters is 3. The fraction of sp³-hybridized carbons (Fsp3) is 0.576. The predicted molar refractivity (Wildman–Crippen MR) is 279 cm³/mol. The van der Waals surface area contributed by atoms with E-state index >= 15 is 0 Å². The van der Waals surface area contributed by atoms with E-state index in [1.165, 1.54) is 25.7 Å². The van der Waals surface area contributed by atoms with Crippen LogP contribution < -0.4 is 0 Å². The molecule has 0 aliphatic carbocycles. The van der Waals surface area contributed by atoms with Crippen molar-refractivity contribution in [1.29, 1.82) is 0 Å². The lowest BCUT2D eigenvalue weighted by Gasteiger charge is -2.18. The molecule has 0 fully saturated rings. The number of hydrogen-bond acceptors (Lipinski definition) is 6. The van der Waals surface area contributed by atoms with Crippen molar-refractivity contribution in [1.82, 2.24) is 0 Å². The highest BCUT2D eigenvalue weighted by atomic mass is 16.6. The Morgan fingerprint density at radius 1 is 0.323 bits per heavy atom. The zero-order chi connectivity index (χ0) is 47.2. The molecule has 0 rings (SSSR count). The summed E-state index contributed by atoms with van der Waals surface area (Å²) in [7, 11) is 0. The first kappa shape index (κ1) is 60.5. The van der Waals surface area contributed by atoms with E-state index in [9.17, 15) is 14.4 Å². The summed E-state index contributed by atoms with van der Waals surface area (Å²) in [6.07, 6.45) is 72.9. The summed E-state index contributed by atoms with van der Waals surface area (Å²) >= 11 is 0. The van der Waals surface area contributed by atoms with Crippen LogP contribution in [0.3, 0.4) is 0 Å². The number of hydrogen-bond donors (Lipinski definition) is 0. The van der Waals surface area contributed by atoms with Gasteiger partial charge in [0.1, 0.15) is 13.2 Å². The van der Waals surface area contributed by atoms with Crippen LogP contribution in [-0.4, -0.2) is 37.2 Å². The minimum Gasteiger partial charge on any atom is -0.462 e. The Hall–Kier alpha value is -4.45. The number of carbonyl (C=O) groups excluding carboxylic acids is 3. The van der Waals surface area contributed by atoms with E-state index < -0.39 is 6.10 Å². The highest BCUT2D eigenvalue weighted by Crippen LogP contribution is 2.11. The smallest absolute Gasteiger partial charge is 0.306 e. The second-order valence-corrected chi connectivity index (χ2v) is 16.3. The first-order valence-corrected chi connectivity index (χ1v) is 25.7. The molecule has 0 aromatic carbocycles. The molecule has 0 radical (unpaired) electrons. The van der Waals surface area contributed by atoms with Crippen LogP contribution in [0.15, 0.2) is 134 Å². The van der Waals surface area contributed by atoms with Crippen LogP contribution in [0.2, 0.25) is 0 Å². The molecule has 65 heavy (non-hydrogen) atoms. The van der Waals surface area contributed by atoms with Crippen LogP contribution in [0.1, 0.15) is 201 Å². The van der Waals surface area contributed by atoms with E-state index in [2.05, 4.69) is 154 Å². The first-order chi connectivity index (χ1) is 32.0. The summed E-state index contributed by atoms with van der Waals surface area (Å²) in [5.41, 5.74) is 0. The van der Waals surface area contributed by atoms with Gasteiger partial charge in [-0.3, -0.25) is 14.4 Å². The molecular formula is C59H92O6. The second-order valence-electron chi connectivity index (χ2n) is 16.3. The third-order valence-corrected chi connectivity index (χ3v) is 10.1. The van der Waals surface area contributed by atoms with Crippen LogP contribution in [0.25, 0.3) is 0 Å². The summed E-state index contributed by atoms with van der Waals surface area (Å²) < 4.78 is 16.7. The van der Waals surface area contributed by atoms with Gasteiger partial charge in [-0.2, -0.15) is 0 Å². The minimum atomic E-state index is -0.828. The molecule has 0 saturated heterocycles. The van der Waals surface area contributed by atoms with Gasteiger partial charge in [0.2, 0.25) is 0 Å². The monoisotopic (exact) mass is 897 g/mol. The molecule has 0 spiro atoms. The number of allylic oxidation sites excluding steroid dienone is 22. The van der Waals surface area contributed by atoms with Crippen LogP contribution in [0.5, 0.6) is 0 Å². The number of ether oxygens (including phenoxy) is 3. The maximum atomic E-state index is 12.8. The van der Waals surface area contributed by atoms with Crippen LogP contribution >= 0.6 is 0 Å². The van der Waals surface area contributed by atoms with Crippen molar-refractivity contribution in [3.8, 4) is 0 Å². The molecule has 364 valence electrons. The molecule has 0 heterocycles. The summed E-state index contributed by atoms with van der Waals surface area (Å²) in [5.74, 6) is -1.04. The van der Waals surface area contributed by atoms with Gasteiger partial charge in [0.05, 0.1) is 0 Å². The summed E-state index contributed by atoms with van der Waals surface area (Å²) in [5, 5.41) is 0. The van der Waals surface area contributed by atoms with Crippen molar-refractivity contribution in [2.75, 3.05) is 13.2 Å². The Balaban J connectivity index is 4.60. The number of rotatable bonds is 44. The molecule has 0 aliphatic rings. The van der Waals surface area contributed by atoms with Gasteiger partial charge in [0.25, 0.3) is 0 Å². The SMILES string of the molecule is CC/C=C\C/C=C\C/C=C\C/C=C\CCCCCCC(=O)O[C@H](COC(=O)CCCC/C=C\C/C=C\C/C=C\C/C=C\CC)COC(=O)CCCC/C=C\C/C=C\C/C=C\CCCCC. The number of unbranched alkanes of at least 4 members (excludes halogenated alkanes) is 11. The van der Waals surface area contributed by atoms with Crippen molar-refractivity contribution in [3.05, 3.63) is 134 Å².